The average molecular weight is 471 g/mol. The second-order valence-corrected chi connectivity index (χ2v) is 8.94. The molecule has 0 fully saturated rings. The molecule has 3 aromatic carbocycles. The normalized spacial score (nSPS) is 21.2. The number of carbonyl (C=O) groups is 1. The number of carbonyl (C=O) groups excluding carboxylic acids is 1. The number of rotatable bonds is 3. The van der Waals surface area contributed by atoms with Crippen LogP contribution in [0.5, 0.6) is 5.75 Å². The van der Waals surface area contributed by atoms with Crippen molar-refractivity contribution in [2.24, 2.45) is 5.92 Å². The number of allylic oxidation sites excluding steroid dienone is 2. The molecule has 1 N–H and O–H groups in total. The fraction of sp³-hybridized carbons (Fsp3) is 0.160. The smallest absolute Gasteiger partial charge is 0.343 e. The van der Waals surface area contributed by atoms with Crippen LogP contribution in [0.1, 0.15) is 39.9 Å². The Kier molecular flexibility index (Phi) is 5.43. The number of nitrogens with one attached hydrogen (secondary N) is 1. The van der Waals surface area contributed by atoms with Crippen molar-refractivity contribution < 1.29 is 9.53 Å². The summed E-state index contributed by atoms with van der Waals surface area (Å²) in [7, 11) is 0. The minimum absolute atomic E-state index is 0.0427. The van der Waals surface area contributed by atoms with Gasteiger partial charge in [0.2, 0.25) is 0 Å². The molecule has 2 aliphatic rings. The predicted octanol–water partition coefficient (Wildman–Crippen LogP) is 7.69. The Morgan fingerprint density at radius 1 is 0.968 bits per heavy atom. The average Bonchev–Trinajstić information content (AvgIpc) is 3.28. The number of benzene rings is 3. The van der Waals surface area contributed by atoms with Gasteiger partial charge in [0, 0.05) is 11.5 Å². The number of halogens is 3. The third-order valence-electron chi connectivity index (χ3n) is 5.94. The maximum Gasteiger partial charge on any atom is 0.343 e. The van der Waals surface area contributed by atoms with Crippen molar-refractivity contribution in [2.75, 3.05) is 5.32 Å². The van der Waals surface area contributed by atoms with Gasteiger partial charge in [0.15, 0.2) is 0 Å². The van der Waals surface area contributed by atoms with Crippen LogP contribution in [0, 0.1) is 5.92 Å². The van der Waals surface area contributed by atoms with Crippen LogP contribution in [0.2, 0.25) is 15.1 Å². The number of esters is 1. The van der Waals surface area contributed by atoms with Gasteiger partial charge in [-0.1, -0.05) is 77.3 Å². The van der Waals surface area contributed by atoms with Gasteiger partial charge in [0.1, 0.15) is 5.75 Å². The van der Waals surface area contributed by atoms with Gasteiger partial charge in [-0.2, -0.15) is 0 Å². The predicted molar refractivity (Wildman–Crippen MR) is 126 cm³/mol. The Hall–Kier alpha value is -2.46. The molecule has 6 heteroatoms. The van der Waals surface area contributed by atoms with Crippen molar-refractivity contribution in [3.63, 3.8) is 0 Å². The molecule has 3 nitrogen and oxygen atoms in total. The fourth-order valence-corrected chi connectivity index (χ4v) is 5.28. The molecule has 1 aliphatic heterocycles. The number of anilines is 1. The van der Waals surface area contributed by atoms with E-state index in [0.29, 0.717) is 26.4 Å². The molecule has 1 heterocycles. The number of ether oxygens (including phenoxy) is 1. The van der Waals surface area contributed by atoms with Gasteiger partial charge in [0.25, 0.3) is 0 Å². The first kappa shape index (κ1) is 20.4. The maximum atomic E-state index is 12.3. The van der Waals surface area contributed by atoms with Crippen LogP contribution in [-0.4, -0.2) is 5.97 Å². The SMILES string of the molecule is O=C(Oc1ccc([C@@H]2Nc3c(Cl)cc(Cl)c(Cl)c3[C@@H]3C=CC[C@@H]32)cc1)c1ccccc1. The van der Waals surface area contributed by atoms with Gasteiger partial charge < -0.3 is 10.1 Å². The van der Waals surface area contributed by atoms with Crippen molar-refractivity contribution in [2.45, 2.75) is 18.4 Å². The zero-order chi connectivity index (χ0) is 21.5. The lowest BCUT2D eigenvalue weighted by atomic mass is 9.77. The van der Waals surface area contributed by atoms with Gasteiger partial charge in [0.05, 0.1) is 32.4 Å². The fourth-order valence-electron chi connectivity index (χ4n) is 4.48. The van der Waals surface area contributed by atoms with E-state index in [2.05, 4.69) is 17.5 Å². The molecule has 0 bridgehead atoms. The van der Waals surface area contributed by atoms with Crippen LogP contribution in [0.3, 0.4) is 0 Å². The van der Waals surface area contributed by atoms with E-state index in [-0.39, 0.29) is 23.8 Å². The minimum Gasteiger partial charge on any atom is -0.423 e. The number of hydrogen-bond donors (Lipinski definition) is 1. The summed E-state index contributed by atoms with van der Waals surface area (Å²) in [5.41, 5.74) is 3.39. The Morgan fingerprint density at radius 3 is 2.45 bits per heavy atom. The molecule has 156 valence electrons. The topological polar surface area (TPSA) is 38.3 Å². The summed E-state index contributed by atoms with van der Waals surface area (Å²) in [6, 6.07) is 18.3. The van der Waals surface area contributed by atoms with Crippen molar-refractivity contribution in [3.8, 4) is 5.75 Å². The van der Waals surface area contributed by atoms with Crippen molar-refractivity contribution >= 4 is 46.5 Å². The molecule has 0 saturated carbocycles. The lowest BCUT2D eigenvalue weighted by Crippen LogP contribution is -2.29. The molecule has 0 saturated heterocycles. The standard InChI is InChI=1S/C25H18Cl3NO2/c26-19-13-20(27)24-21(22(19)28)17-7-4-8-18(17)23(29-24)14-9-11-16(12-10-14)31-25(30)15-5-2-1-3-6-15/h1-7,9-13,17-18,23,29H,8H2/t17-,18+,23+/m1/s1. The zero-order valence-corrected chi connectivity index (χ0v) is 18.6. The molecule has 3 atom stereocenters. The quantitative estimate of drug-likeness (QED) is 0.184. The monoisotopic (exact) mass is 469 g/mol. The number of hydrogen-bond acceptors (Lipinski definition) is 3. The molecule has 0 amide bonds. The second kappa shape index (κ2) is 8.23. The summed E-state index contributed by atoms with van der Waals surface area (Å²) in [4.78, 5) is 12.3. The van der Waals surface area contributed by atoms with E-state index in [0.717, 1.165) is 23.2 Å². The highest BCUT2D eigenvalue weighted by Gasteiger charge is 2.40. The van der Waals surface area contributed by atoms with Gasteiger partial charge >= 0.3 is 5.97 Å². The first-order valence-electron chi connectivity index (χ1n) is 10.0. The van der Waals surface area contributed by atoms with Crippen LogP contribution in [0.4, 0.5) is 5.69 Å². The molecule has 0 radical (unpaired) electrons. The molecule has 31 heavy (non-hydrogen) atoms. The minimum atomic E-state index is -0.378. The zero-order valence-electron chi connectivity index (χ0n) is 16.3. The van der Waals surface area contributed by atoms with Crippen molar-refractivity contribution in [1.82, 2.24) is 0 Å². The molecular formula is C25H18Cl3NO2. The first-order valence-corrected chi connectivity index (χ1v) is 11.1. The lowest BCUT2D eigenvalue weighted by molar-refractivity contribution is 0.0734. The van der Waals surface area contributed by atoms with Crippen LogP contribution in [0.15, 0.2) is 72.8 Å². The second-order valence-electron chi connectivity index (χ2n) is 7.74. The summed E-state index contributed by atoms with van der Waals surface area (Å²) in [5, 5.41) is 5.16. The van der Waals surface area contributed by atoms with Crippen LogP contribution in [0.25, 0.3) is 0 Å². The van der Waals surface area contributed by atoms with Gasteiger partial charge in [-0.3, -0.25) is 0 Å². The van der Waals surface area contributed by atoms with E-state index in [1.54, 1.807) is 18.2 Å². The number of fused-ring (bicyclic) bond motifs is 3. The van der Waals surface area contributed by atoms with E-state index in [4.69, 9.17) is 39.5 Å². The van der Waals surface area contributed by atoms with Gasteiger partial charge in [-0.15, -0.1) is 0 Å². The molecule has 1 aliphatic carbocycles. The Balaban J connectivity index is 1.42. The molecule has 0 aromatic heterocycles. The third-order valence-corrected chi connectivity index (χ3v) is 7.04. The summed E-state index contributed by atoms with van der Waals surface area (Å²) < 4.78 is 5.51. The molecule has 5 rings (SSSR count). The summed E-state index contributed by atoms with van der Waals surface area (Å²) >= 11 is 19.4. The summed E-state index contributed by atoms with van der Waals surface area (Å²) in [6.45, 7) is 0. The van der Waals surface area contributed by atoms with E-state index >= 15 is 0 Å². The van der Waals surface area contributed by atoms with E-state index in [1.165, 1.54) is 0 Å². The van der Waals surface area contributed by atoms with E-state index in [1.807, 2.05) is 42.5 Å². The summed E-state index contributed by atoms with van der Waals surface area (Å²) in [6.07, 6.45) is 5.29. The highest BCUT2D eigenvalue weighted by molar-refractivity contribution is 6.44. The van der Waals surface area contributed by atoms with Gasteiger partial charge in [-0.25, -0.2) is 4.79 Å². The highest BCUT2D eigenvalue weighted by Crippen LogP contribution is 2.55. The van der Waals surface area contributed by atoms with Crippen molar-refractivity contribution in [3.05, 3.63) is 105 Å². The van der Waals surface area contributed by atoms with E-state index in [9.17, 15) is 4.79 Å². The Labute approximate surface area is 195 Å². The first-order chi connectivity index (χ1) is 15.0. The summed E-state index contributed by atoms with van der Waals surface area (Å²) in [5.74, 6) is 0.553. The van der Waals surface area contributed by atoms with Crippen molar-refractivity contribution in [1.29, 1.82) is 0 Å². The van der Waals surface area contributed by atoms with Crippen LogP contribution in [-0.2, 0) is 0 Å². The van der Waals surface area contributed by atoms with Gasteiger partial charge in [-0.05, 0) is 48.2 Å². The highest BCUT2D eigenvalue weighted by atomic mass is 35.5. The van der Waals surface area contributed by atoms with Crippen LogP contribution < -0.4 is 10.1 Å². The maximum absolute atomic E-state index is 12.3. The Bertz CT molecular complexity index is 1180. The molecule has 0 unspecified atom stereocenters. The van der Waals surface area contributed by atoms with Crippen LogP contribution >= 0.6 is 34.8 Å². The third kappa shape index (κ3) is 3.71. The Morgan fingerprint density at radius 2 is 1.71 bits per heavy atom. The largest absolute Gasteiger partial charge is 0.423 e. The lowest BCUT2D eigenvalue weighted by Gasteiger charge is -2.38. The molecule has 3 aromatic rings. The molecular weight excluding hydrogens is 453 g/mol. The molecule has 0 spiro atoms. The van der Waals surface area contributed by atoms with E-state index < -0.39 is 0 Å².